The van der Waals surface area contributed by atoms with Crippen LogP contribution in [0.2, 0.25) is 0 Å². The maximum atomic E-state index is 12.4. The Balaban J connectivity index is 1.99. The van der Waals surface area contributed by atoms with E-state index in [0.29, 0.717) is 0 Å². The maximum Gasteiger partial charge on any atom is 0.433 e. The lowest BCUT2D eigenvalue weighted by Gasteiger charge is -2.16. The van der Waals surface area contributed by atoms with E-state index in [0.717, 1.165) is 23.9 Å². The lowest BCUT2D eigenvalue weighted by atomic mass is 10.1. The number of nitrogens with one attached hydrogen (secondary N) is 1. The summed E-state index contributed by atoms with van der Waals surface area (Å²) in [5.41, 5.74) is -0.0881. The van der Waals surface area contributed by atoms with Gasteiger partial charge in [0.1, 0.15) is 5.69 Å². The van der Waals surface area contributed by atoms with Crippen molar-refractivity contribution in [1.29, 1.82) is 0 Å². The van der Waals surface area contributed by atoms with Crippen LogP contribution in [0.1, 0.15) is 27.7 Å². The Morgan fingerprint density at radius 1 is 1.22 bits per heavy atom. The zero-order valence-electron chi connectivity index (χ0n) is 12.3. The molecule has 2 rings (SSSR count). The first-order chi connectivity index (χ1) is 10.9. The second kappa shape index (κ2) is 7.23. The molecule has 2 aromatic rings. The Morgan fingerprint density at radius 3 is 2.43 bits per heavy atom. The van der Waals surface area contributed by atoms with E-state index in [2.05, 4.69) is 10.3 Å². The van der Waals surface area contributed by atoms with Crippen LogP contribution in [-0.2, 0) is 10.9 Å². The highest BCUT2D eigenvalue weighted by Gasteiger charge is 2.32. The number of amides is 1. The van der Waals surface area contributed by atoms with Crippen LogP contribution in [0, 0.1) is 0 Å². The number of alkyl halides is 3. The van der Waals surface area contributed by atoms with Gasteiger partial charge in [0.05, 0.1) is 11.7 Å². The second-order valence-electron chi connectivity index (χ2n) is 4.77. The van der Waals surface area contributed by atoms with E-state index < -0.39 is 17.8 Å². The smallest absolute Gasteiger partial charge is 0.375 e. The summed E-state index contributed by atoms with van der Waals surface area (Å²) in [6, 6.07) is 11.2. The van der Waals surface area contributed by atoms with Crippen molar-refractivity contribution in [3.05, 3.63) is 65.5 Å². The predicted molar refractivity (Wildman–Crippen MR) is 77.8 cm³/mol. The van der Waals surface area contributed by atoms with E-state index in [4.69, 9.17) is 4.74 Å². The van der Waals surface area contributed by atoms with Gasteiger partial charge in [-0.05, 0) is 17.7 Å². The van der Waals surface area contributed by atoms with Crippen LogP contribution >= 0.6 is 0 Å². The monoisotopic (exact) mass is 324 g/mol. The Hall–Kier alpha value is -2.41. The predicted octanol–water partition coefficient (Wildman–Crippen LogP) is 3.22. The van der Waals surface area contributed by atoms with Crippen LogP contribution in [0.15, 0.2) is 48.7 Å². The van der Waals surface area contributed by atoms with E-state index in [1.54, 1.807) is 0 Å². The lowest BCUT2D eigenvalue weighted by Crippen LogP contribution is -2.29. The normalized spacial score (nSPS) is 12.7. The van der Waals surface area contributed by atoms with Gasteiger partial charge in [-0.1, -0.05) is 30.3 Å². The summed E-state index contributed by atoms with van der Waals surface area (Å²) >= 11 is 0. The zero-order chi connectivity index (χ0) is 16.9. The first kappa shape index (κ1) is 17.0. The molecular weight excluding hydrogens is 309 g/mol. The summed E-state index contributed by atoms with van der Waals surface area (Å²) in [5.74, 6) is -0.510. The van der Waals surface area contributed by atoms with E-state index >= 15 is 0 Å². The molecule has 1 aromatic carbocycles. The van der Waals surface area contributed by atoms with Crippen molar-refractivity contribution in [1.82, 2.24) is 10.3 Å². The van der Waals surface area contributed by atoms with Gasteiger partial charge in [0, 0.05) is 19.9 Å². The van der Waals surface area contributed by atoms with Crippen LogP contribution in [-0.4, -0.2) is 24.5 Å². The molecule has 0 radical (unpaired) electrons. The quantitative estimate of drug-likeness (QED) is 0.919. The number of hydrogen-bond acceptors (Lipinski definition) is 3. The molecule has 0 aliphatic carbocycles. The van der Waals surface area contributed by atoms with Crippen LogP contribution in [0.3, 0.4) is 0 Å². The highest BCUT2D eigenvalue weighted by molar-refractivity contribution is 5.93. The summed E-state index contributed by atoms with van der Waals surface area (Å²) in [7, 11) is 1.52. The average Bonchev–Trinajstić information content (AvgIpc) is 2.55. The van der Waals surface area contributed by atoms with Crippen LogP contribution < -0.4 is 5.32 Å². The van der Waals surface area contributed by atoms with Crippen molar-refractivity contribution in [2.45, 2.75) is 12.3 Å². The third-order valence-electron chi connectivity index (χ3n) is 3.22. The minimum atomic E-state index is -4.52. The fourth-order valence-corrected chi connectivity index (χ4v) is 1.99. The topological polar surface area (TPSA) is 51.2 Å². The summed E-state index contributed by atoms with van der Waals surface area (Å²) < 4.78 is 42.6. The van der Waals surface area contributed by atoms with Gasteiger partial charge in [0.25, 0.3) is 5.91 Å². The Bertz CT molecular complexity index is 643. The first-order valence-electron chi connectivity index (χ1n) is 6.81. The van der Waals surface area contributed by atoms with Crippen LogP contribution in [0.5, 0.6) is 0 Å². The van der Waals surface area contributed by atoms with Gasteiger partial charge in [0.2, 0.25) is 0 Å². The van der Waals surface area contributed by atoms with Gasteiger partial charge in [-0.2, -0.15) is 13.2 Å². The second-order valence-corrected chi connectivity index (χ2v) is 4.77. The van der Waals surface area contributed by atoms with Crippen molar-refractivity contribution in [3.8, 4) is 0 Å². The number of methoxy groups -OCH3 is 1. The van der Waals surface area contributed by atoms with E-state index in [1.807, 2.05) is 30.3 Å². The molecule has 4 nitrogen and oxygen atoms in total. The number of nitrogens with zero attached hydrogens (tertiary/aromatic N) is 1. The molecule has 0 bridgehead atoms. The van der Waals surface area contributed by atoms with Crippen molar-refractivity contribution >= 4 is 5.91 Å². The molecule has 1 unspecified atom stereocenters. The highest BCUT2D eigenvalue weighted by Crippen LogP contribution is 2.27. The van der Waals surface area contributed by atoms with Gasteiger partial charge in [-0.3, -0.25) is 9.78 Å². The number of hydrogen-bond donors (Lipinski definition) is 1. The molecule has 0 aliphatic heterocycles. The van der Waals surface area contributed by atoms with Gasteiger partial charge < -0.3 is 10.1 Å². The van der Waals surface area contributed by atoms with Gasteiger partial charge in [-0.25, -0.2) is 0 Å². The van der Waals surface area contributed by atoms with Crippen molar-refractivity contribution in [2.24, 2.45) is 0 Å². The molecule has 122 valence electrons. The molecule has 1 N–H and O–H groups in total. The Labute approximate surface area is 131 Å². The van der Waals surface area contributed by atoms with Gasteiger partial charge in [0.15, 0.2) is 0 Å². The summed E-state index contributed by atoms with van der Waals surface area (Å²) in [6.45, 7) is 0.195. The summed E-state index contributed by atoms with van der Waals surface area (Å²) in [5, 5.41) is 2.62. The fourth-order valence-electron chi connectivity index (χ4n) is 1.99. The number of ether oxygens (including phenoxy) is 1. The zero-order valence-corrected chi connectivity index (χ0v) is 12.3. The number of carbonyl (C=O) groups is 1. The maximum absolute atomic E-state index is 12.4. The molecule has 0 saturated carbocycles. The molecule has 0 fully saturated rings. The molecule has 23 heavy (non-hydrogen) atoms. The average molecular weight is 324 g/mol. The Morgan fingerprint density at radius 2 is 1.91 bits per heavy atom. The third kappa shape index (κ3) is 4.53. The van der Waals surface area contributed by atoms with Crippen molar-refractivity contribution in [3.63, 3.8) is 0 Å². The summed E-state index contributed by atoms with van der Waals surface area (Å²) in [4.78, 5) is 15.2. The fraction of sp³-hybridized carbons (Fsp3) is 0.250. The van der Waals surface area contributed by atoms with E-state index in [-0.39, 0.29) is 18.2 Å². The minimum Gasteiger partial charge on any atom is -0.375 e. The number of rotatable bonds is 5. The highest BCUT2D eigenvalue weighted by atomic mass is 19.4. The van der Waals surface area contributed by atoms with Gasteiger partial charge in [-0.15, -0.1) is 0 Å². The molecule has 0 aliphatic rings. The number of pyridine rings is 1. The third-order valence-corrected chi connectivity index (χ3v) is 3.22. The lowest BCUT2D eigenvalue weighted by molar-refractivity contribution is -0.141. The SMILES string of the molecule is COC(CNC(=O)c1ccc(C(F)(F)F)nc1)c1ccccc1. The molecule has 7 heteroatoms. The van der Waals surface area contributed by atoms with Crippen LogP contribution in [0.4, 0.5) is 13.2 Å². The largest absolute Gasteiger partial charge is 0.433 e. The van der Waals surface area contributed by atoms with Crippen molar-refractivity contribution in [2.75, 3.05) is 13.7 Å². The molecular formula is C16H15F3N2O2. The van der Waals surface area contributed by atoms with Crippen LogP contribution in [0.25, 0.3) is 0 Å². The first-order valence-corrected chi connectivity index (χ1v) is 6.81. The Kier molecular flexibility index (Phi) is 5.33. The number of aromatic nitrogens is 1. The van der Waals surface area contributed by atoms with Gasteiger partial charge >= 0.3 is 6.18 Å². The number of benzene rings is 1. The molecule has 1 amide bonds. The molecule has 1 heterocycles. The molecule has 1 atom stereocenters. The number of halogens is 3. The standard InChI is InChI=1S/C16H15F3N2O2/c1-23-13(11-5-3-2-4-6-11)10-21-15(22)12-7-8-14(20-9-12)16(17,18)19/h2-9,13H,10H2,1H3,(H,21,22). The molecule has 0 saturated heterocycles. The minimum absolute atomic E-state index is 0.0564. The van der Waals surface area contributed by atoms with E-state index in [1.165, 1.54) is 7.11 Å². The van der Waals surface area contributed by atoms with Crippen molar-refractivity contribution < 1.29 is 22.7 Å². The van der Waals surface area contributed by atoms with E-state index in [9.17, 15) is 18.0 Å². The molecule has 1 aromatic heterocycles. The number of carbonyl (C=O) groups excluding carboxylic acids is 1. The molecule has 0 spiro atoms. The summed E-state index contributed by atoms with van der Waals surface area (Å²) in [6.07, 6.45) is -3.96.